The average molecular weight is 395 g/mol. The van der Waals surface area contributed by atoms with E-state index >= 15 is 0 Å². The van der Waals surface area contributed by atoms with Crippen LogP contribution < -0.4 is 0 Å². The van der Waals surface area contributed by atoms with Crippen molar-refractivity contribution in [2.75, 3.05) is 26.2 Å². The van der Waals surface area contributed by atoms with Crippen molar-refractivity contribution in [3.05, 3.63) is 53.0 Å². The number of rotatable bonds is 4. The number of hydrogen-bond donors (Lipinski definition) is 0. The summed E-state index contributed by atoms with van der Waals surface area (Å²) in [6, 6.07) is 12.0. The molecule has 2 aromatic heterocycles. The lowest BCUT2D eigenvalue weighted by atomic mass is 10.2. The van der Waals surface area contributed by atoms with E-state index in [2.05, 4.69) is 16.4 Å². The fraction of sp³-hybridized carbons (Fsp3) is 0.381. The topological polar surface area (TPSA) is 58.4 Å². The van der Waals surface area contributed by atoms with Crippen LogP contribution in [0.1, 0.15) is 17.2 Å². The Morgan fingerprint density at radius 3 is 2.61 bits per heavy atom. The number of imidazole rings is 1. The van der Waals surface area contributed by atoms with Crippen LogP contribution in [0.3, 0.4) is 0 Å². The number of nitrogens with zero attached hydrogens (tertiary/aromatic N) is 4. The maximum atomic E-state index is 12.8. The maximum Gasteiger partial charge on any atom is 0.242 e. The van der Waals surface area contributed by atoms with Crippen molar-refractivity contribution < 1.29 is 9.59 Å². The average Bonchev–Trinajstić information content (AvgIpc) is 3.14. The van der Waals surface area contributed by atoms with Crippen LogP contribution in [0.5, 0.6) is 0 Å². The number of thiophene rings is 1. The number of benzene rings is 1. The van der Waals surface area contributed by atoms with Crippen molar-refractivity contribution in [2.24, 2.45) is 5.92 Å². The monoisotopic (exact) mass is 394 g/mol. The lowest BCUT2D eigenvalue weighted by molar-refractivity contribution is -0.140. The van der Waals surface area contributed by atoms with Gasteiger partial charge in [0.05, 0.1) is 17.4 Å². The molecule has 6 nitrogen and oxygen atoms in total. The van der Waals surface area contributed by atoms with Crippen LogP contribution in [0, 0.1) is 5.92 Å². The van der Waals surface area contributed by atoms with Gasteiger partial charge >= 0.3 is 0 Å². The lowest BCUT2D eigenvalue weighted by Gasteiger charge is -2.35. The summed E-state index contributed by atoms with van der Waals surface area (Å²) in [7, 11) is 0. The summed E-state index contributed by atoms with van der Waals surface area (Å²) in [5.41, 5.74) is 1.87. The highest BCUT2D eigenvalue weighted by atomic mass is 32.1. The van der Waals surface area contributed by atoms with E-state index in [-0.39, 0.29) is 24.3 Å². The number of fused-ring (bicyclic) bond motifs is 1. The molecule has 2 aliphatic rings. The van der Waals surface area contributed by atoms with E-state index in [0.29, 0.717) is 32.1 Å². The Hall–Kier alpha value is -2.67. The molecule has 0 bridgehead atoms. The van der Waals surface area contributed by atoms with Crippen molar-refractivity contribution >= 4 is 34.2 Å². The summed E-state index contributed by atoms with van der Waals surface area (Å²) in [6.45, 7) is 2.75. The first kappa shape index (κ1) is 17.4. The Morgan fingerprint density at radius 2 is 1.82 bits per heavy atom. The molecule has 7 heteroatoms. The quantitative estimate of drug-likeness (QED) is 0.683. The van der Waals surface area contributed by atoms with Crippen LogP contribution in [0.2, 0.25) is 0 Å². The Bertz CT molecular complexity index is 1000. The molecule has 5 rings (SSSR count). The summed E-state index contributed by atoms with van der Waals surface area (Å²) in [4.78, 5) is 34.9. The van der Waals surface area contributed by atoms with E-state index in [1.165, 1.54) is 4.88 Å². The fourth-order valence-corrected chi connectivity index (χ4v) is 4.98. The van der Waals surface area contributed by atoms with Crippen LogP contribution in [0.15, 0.2) is 48.1 Å². The first-order chi connectivity index (χ1) is 13.7. The van der Waals surface area contributed by atoms with Gasteiger partial charge in [0.1, 0.15) is 6.54 Å². The minimum atomic E-state index is 0.0816. The molecule has 28 heavy (non-hydrogen) atoms. The zero-order chi connectivity index (χ0) is 19.1. The molecule has 0 radical (unpaired) electrons. The van der Waals surface area contributed by atoms with Gasteiger partial charge in [-0.3, -0.25) is 9.59 Å². The summed E-state index contributed by atoms with van der Waals surface area (Å²) in [5.74, 6) is 0.879. The highest BCUT2D eigenvalue weighted by Gasteiger charge is 2.46. The molecule has 3 aromatic rings. The third kappa shape index (κ3) is 3.20. The maximum absolute atomic E-state index is 12.8. The number of para-hydroxylation sites is 2. The Balaban J connectivity index is 1.16. The third-order valence-corrected chi connectivity index (χ3v) is 6.80. The molecule has 2 atom stereocenters. The van der Waals surface area contributed by atoms with E-state index in [1.54, 1.807) is 17.7 Å². The van der Waals surface area contributed by atoms with E-state index in [0.717, 1.165) is 17.5 Å². The Labute approximate surface area is 167 Å². The van der Waals surface area contributed by atoms with Gasteiger partial charge in [-0.05, 0) is 30.0 Å². The molecule has 1 saturated heterocycles. The highest BCUT2D eigenvalue weighted by molar-refractivity contribution is 7.10. The van der Waals surface area contributed by atoms with Gasteiger partial charge in [0.25, 0.3) is 0 Å². The summed E-state index contributed by atoms with van der Waals surface area (Å²) < 4.78 is 1.89. The molecule has 1 aliphatic heterocycles. The number of carbonyl (C=O) groups is 2. The van der Waals surface area contributed by atoms with Crippen molar-refractivity contribution in [3.63, 3.8) is 0 Å². The van der Waals surface area contributed by atoms with Crippen LogP contribution >= 0.6 is 11.3 Å². The van der Waals surface area contributed by atoms with E-state index in [1.807, 2.05) is 44.7 Å². The van der Waals surface area contributed by atoms with E-state index < -0.39 is 0 Å². The minimum Gasteiger partial charge on any atom is -0.339 e. The van der Waals surface area contributed by atoms with Gasteiger partial charge in [0, 0.05) is 42.9 Å². The Morgan fingerprint density at radius 1 is 1.04 bits per heavy atom. The zero-order valence-electron chi connectivity index (χ0n) is 15.5. The molecule has 2 amide bonds. The second-order valence-corrected chi connectivity index (χ2v) is 8.51. The summed E-state index contributed by atoms with van der Waals surface area (Å²) in [5, 5.41) is 2.07. The predicted molar refractivity (Wildman–Crippen MR) is 108 cm³/mol. The smallest absolute Gasteiger partial charge is 0.242 e. The van der Waals surface area contributed by atoms with Crippen LogP contribution in [0.25, 0.3) is 11.0 Å². The second-order valence-electron chi connectivity index (χ2n) is 7.53. The van der Waals surface area contributed by atoms with Gasteiger partial charge in [0.15, 0.2) is 0 Å². The lowest BCUT2D eigenvalue weighted by Crippen LogP contribution is -2.51. The van der Waals surface area contributed by atoms with Gasteiger partial charge in [-0.15, -0.1) is 11.3 Å². The third-order valence-electron chi connectivity index (χ3n) is 5.79. The fourth-order valence-electron chi connectivity index (χ4n) is 4.08. The van der Waals surface area contributed by atoms with Gasteiger partial charge in [0.2, 0.25) is 11.8 Å². The normalized spacial score (nSPS) is 21.9. The molecule has 144 valence electrons. The number of carbonyl (C=O) groups excluding carboxylic acids is 2. The van der Waals surface area contributed by atoms with Crippen LogP contribution in [-0.4, -0.2) is 57.3 Å². The highest BCUT2D eigenvalue weighted by Crippen LogP contribution is 2.50. The van der Waals surface area contributed by atoms with E-state index in [4.69, 9.17) is 0 Å². The first-order valence-corrected chi connectivity index (χ1v) is 10.6. The van der Waals surface area contributed by atoms with Crippen molar-refractivity contribution in [2.45, 2.75) is 18.9 Å². The van der Waals surface area contributed by atoms with Crippen molar-refractivity contribution in [1.82, 2.24) is 19.4 Å². The zero-order valence-corrected chi connectivity index (χ0v) is 16.3. The SMILES string of the molecule is O=C(Cn1cnc2ccccc21)N1CCN(C(=O)[C@H]2C[C@H]2c2cccs2)CC1. The molecular formula is C21H22N4O2S. The number of amides is 2. The van der Waals surface area contributed by atoms with Crippen LogP contribution in [0.4, 0.5) is 0 Å². The van der Waals surface area contributed by atoms with Crippen LogP contribution in [-0.2, 0) is 16.1 Å². The molecule has 1 aliphatic carbocycles. The molecular weight excluding hydrogens is 372 g/mol. The minimum absolute atomic E-state index is 0.0816. The second kappa shape index (κ2) is 7.05. The van der Waals surface area contributed by atoms with Gasteiger partial charge in [-0.1, -0.05) is 18.2 Å². The van der Waals surface area contributed by atoms with Gasteiger partial charge in [-0.2, -0.15) is 0 Å². The number of piperazine rings is 1. The molecule has 0 N–H and O–H groups in total. The number of aromatic nitrogens is 2. The molecule has 3 heterocycles. The Kier molecular flexibility index (Phi) is 4.39. The van der Waals surface area contributed by atoms with E-state index in [9.17, 15) is 9.59 Å². The summed E-state index contributed by atoms with van der Waals surface area (Å²) >= 11 is 1.74. The molecule has 0 unspecified atom stereocenters. The molecule has 2 fully saturated rings. The van der Waals surface area contributed by atoms with Gasteiger partial charge in [-0.25, -0.2) is 4.98 Å². The number of hydrogen-bond acceptors (Lipinski definition) is 4. The van der Waals surface area contributed by atoms with Crippen molar-refractivity contribution in [3.8, 4) is 0 Å². The molecule has 1 aromatic carbocycles. The predicted octanol–water partition coefficient (Wildman–Crippen LogP) is 2.57. The first-order valence-electron chi connectivity index (χ1n) is 9.70. The summed E-state index contributed by atoms with van der Waals surface area (Å²) in [6.07, 6.45) is 2.69. The molecule has 1 saturated carbocycles. The molecule has 0 spiro atoms. The van der Waals surface area contributed by atoms with Crippen molar-refractivity contribution in [1.29, 1.82) is 0 Å². The largest absolute Gasteiger partial charge is 0.339 e. The van der Waals surface area contributed by atoms with Gasteiger partial charge < -0.3 is 14.4 Å². The standard InChI is InChI=1S/C21H22N4O2S/c26-20(13-25-14-22-17-4-1-2-5-18(17)25)23-7-9-24(10-8-23)21(27)16-12-15(16)19-6-3-11-28-19/h1-6,11,14-16H,7-10,12-13H2/t15-,16+/m1/s1.